The van der Waals surface area contributed by atoms with Crippen molar-refractivity contribution in [1.29, 1.82) is 0 Å². The van der Waals surface area contributed by atoms with Crippen LogP contribution in [0, 0.1) is 10.1 Å². The number of rotatable bonds is 10. The van der Waals surface area contributed by atoms with Crippen LogP contribution in [0.25, 0.3) is 0 Å². The molecule has 0 spiro atoms. The highest BCUT2D eigenvalue weighted by atomic mass is 35.5. The van der Waals surface area contributed by atoms with E-state index in [0.29, 0.717) is 42.1 Å². The van der Waals surface area contributed by atoms with E-state index in [0.717, 1.165) is 5.56 Å². The number of aliphatic hydroxyl groups excluding tert-OH is 1. The maximum atomic E-state index is 13.1. The molecule has 46 heavy (non-hydrogen) atoms. The van der Waals surface area contributed by atoms with Gasteiger partial charge in [-0.2, -0.15) is 0 Å². The minimum Gasteiger partial charge on any atom is -0.444 e. The number of ether oxygens (including phenoxy) is 2. The number of halogens is 1. The van der Waals surface area contributed by atoms with E-state index in [1.807, 2.05) is 12.1 Å². The SMILES string of the molecule is CC(C)(C)OC(=O)N(CCc1ccc(NC(=O)[C@H]2CCCN2C(=O)Oc2ccc([N+](=O)[O-])cc2)cc1)C[C@H](O)c1cccc(Cl)c1. The number of nitrogens with one attached hydrogen (secondary N) is 1. The van der Waals surface area contributed by atoms with Gasteiger partial charge in [-0.15, -0.1) is 0 Å². The molecule has 0 bridgehead atoms. The second kappa shape index (κ2) is 15.1. The number of hydrogen-bond acceptors (Lipinski definition) is 8. The molecule has 12 nitrogen and oxygen atoms in total. The number of hydrogen-bond donors (Lipinski definition) is 2. The summed E-state index contributed by atoms with van der Waals surface area (Å²) in [5.41, 5.74) is 1.16. The van der Waals surface area contributed by atoms with Crippen molar-refractivity contribution in [3.63, 3.8) is 0 Å². The number of amides is 3. The summed E-state index contributed by atoms with van der Waals surface area (Å²) in [6, 6.07) is 18.3. The molecule has 244 valence electrons. The van der Waals surface area contributed by atoms with Crippen molar-refractivity contribution >= 4 is 41.1 Å². The normalized spacial score (nSPS) is 15.2. The molecular weight excluding hydrogens is 616 g/mol. The summed E-state index contributed by atoms with van der Waals surface area (Å²) in [5, 5.41) is 25.0. The van der Waals surface area contributed by atoms with Crippen molar-refractivity contribution < 1.29 is 33.9 Å². The Morgan fingerprint density at radius 1 is 1.11 bits per heavy atom. The standard InChI is InChI=1S/C33H37ClN4O8/c1-33(2,3)46-31(41)36(21-29(39)23-6-4-7-24(34)20-23)19-17-22-9-11-25(12-10-22)35-30(40)28-8-5-18-37(28)32(42)45-27-15-13-26(14-16-27)38(43)44/h4,6-7,9-16,20,28-29,39H,5,8,17-19,21H2,1-3H3,(H,35,40)/t28-,29+/m1/s1. The Kier molecular flexibility index (Phi) is 11.2. The van der Waals surface area contributed by atoms with Gasteiger partial charge in [-0.05, 0) is 87.6 Å². The fourth-order valence-electron chi connectivity index (χ4n) is 4.91. The lowest BCUT2D eigenvalue weighted by molar-refractivity contribution is -0.384. The van der Waals surface area contributed by atoms with Gasteiger partial charge in [-0.1, -0.05) is 35.9 Å². The fraction of sp³-hybridized carbons (Fsp3) is 0.364. The number of aliphatic hydroxyl groups is 1. The molecule has 1 fully saturated rings. The average Bonchev–Trinajstić information content (AvgIpc) is 3.50. The van der Waals surface area contributed by atoms with Gasteiger partial charge in [-0.3, -0.25) is 19.8 Å². The van der Waals surface area contributed by atoms with Crippen LogP contribution < -0.4 is 10.1 Å². The molecule has 1 heterocycles. The second-order valence-electron chi connectivity index (χ2n) is 11.9. The summed E-state index contributed by atoms with van der Waals surface area (Å²) in [6.07, 6.45) is -0.693. The summed E-state index contributed by atoms with van der Waals surface area (Å²) in [4.78, 5) is 52.0. The Bertz CT molecular complexity index is 1540. The number of benzene rings is 3. The number of nitro groups is 1. The van der Waals surface area contributed by atoms with E-state index < -0.39 is 34.9 Å². The van der Waals surface area contributed by atoms with Crippen LogP contribution in [0.2, 0.25) is 5.02 Å². The minimum atomic E-state index is -0.967. The lowest BCUT2D eigenvalue weighted by Gasteiger charge is -2.29. The van der Waals surface area contributed by atoms with Gasteiger partial charge in [-0.25, -0.2) is 9.59 Å². The smallest absolute Gasteiger partial charge is 0.415 e. The van der Waals surface area contributed by atoms with Crippen LogP contribution >= 0.6 is 11.6 Å². The van der Waals surface area contributed by atoms with Crippen LogP contribution in [-0.2, 0) is 16.0 Å². The highest BCUT2D eigenvalue weighted by Gasteiger charge is 2.35. The van der Waals surface area contributed by atoms with Crippen LogP contribution in [-0.4, -0.2) is 69.2 Å². The molecule has 4 rings (SSSR count). The predicted molar refractivity (Wildman–Crippen MR) is 172 cm³/mol. The van der Waals surface area contributed by atoms with Crippen molar-refractivity contribution in [3.05, 3.63) is 99.1 Å². The summed E-state index contributed by atoms with van der Waals surface area (Å²) in [6.45, 7) is 5.94. The number of nitrogens with zero attached hydrogens (tertiary/aromatic N) is 3. The van der Waals surface area contributed by atoms with E-state index in [1.165, 1.54) is 34.1 Å². The Hall–Kier alpha value is -4.68. The van der Waals surface area contributed by atoms with Crippen LogP contribution in [0.5, 0.6) is 5.75 Å². The molecule has 1 saturated heterocycles. The highest BCUT2D eigenvalue weighted by Crippen LogP contribution is 2.24. The number of anilines is 1. The van der Waals surface area contributed by atoms with E-state index in [-0.39, 0.29) is 30.4 Å². The lowest BCUT2D eigenvalue weighted by atomic mass is 10.1. The quantitative estimate of drug-likeness (QED) is 0.190. The first-order chi connectivity index (χ1) is 21.8. The molecule has 0 aromatic heterocycles. The molecule has 0 saturated carbocycles. The molecule has 1 aliphatic rings. The van der Waals surface area contributed by atoms with Gasteiger partial charge in [0.25, 0.3) is 5.69 Å². The molecule has 0 unspecified atom stereocenters. The zero-order valence-electron chi connectivity index (χ0n) is 25.9. The Morgan fingerprint density at radius 3 is 2.43 bits per heavy atom. The van der Waals surface area contributed by atoms with Gasteiger partial charge in [0.15, 0.2) is 0 Å². The second-order valence-corrected chi connectivity index (χ2v) is 12.3. The van der Waals surface area contributed by atoms with E-state index in [2.05, 4.69) is 5.32 Å². The predicted octanol–water partition coefficient (Wildman–Crippen LogP) is 6.36. The Balaban J connectivity index is 1.34. The topological polar surface area (TPSA) is 152 Å². The maximum Gasteiger partial charge on any atom is 0.415 e. The fourth-order valence-corrected chi connectivity index (χ4v) is 5.11. The van der Waals surface area contributed by atoms with Crippen LogP contribution in [0.1, 0.15) is 50.8 Å². The molecule has 3 amide bonds. The van der Waals surface area contributed by atoms with Crippen molar-refractivity contribution in [2.45, 2.75) is 57.8 Å². The molecular formula is C33H37ClN4O8. The van der Waals surface area contributed by atoms with Gasteiger partial charge < -0.3 is 24.8 Å². The number of nitro benzene ring substituents is 1. The Morgan fingerprint density at radius 2 is 1.80 bits per heavy atom. The molecule has 2 atom stereocenters. The van der Waals surface area contributed by atoms with Crippen molar-refractivity contribution in [3.8, 4) is 5.75 Å². The van der Waals surface area contributed by atoms with Gasteiger partial charge in [0.05, 0.1) is 17.6 Å². The number of carbonyl (C=O) groups is 3. The number of likely N-dealkylation sites (tertiary alicyclic amines) is 1. The molecule has 0 aliphatic carbocycles. The molecule has 2 N–H and O–H groups in total. The third-order valence-electron chi connectivity index (χ3n) is 7.21. The molecule has 3 aromatic carbocycles. The summed E-state index contributed by atoms with van der Waals surface area (Å²) in [7, 11) is 0. The van der Waals surface area contributed by atoms with Crippen LogP contribution in [0.3, 0.4) is 0 Å². The average molecular weight is 653 g/mol. The number of carbonyl (C=O) groups excluding carboxylic acids is 3. The van der Waals surface area contributed by atoms with Gasteiger partial charge in [0.1, 0.15) is 17.4 Å². The monoisotopic (exact) mass is 652 g/mol. The Labute approximate surface area is 272 Å². The minimum absolute atomic E-state index is 0.00785. The van der Waals surface area contributed by atoms with Crippen LogP contribution in [0.15, 0.2) is 72.8 Å². The van der Waals surface area contributed by atoms with Gasteiger partial charge >= 0.3 is 12.2 Å². The zero-order valence-corrected chi connectivity index (χ0v) is 26.6. The summed E-state index contributed by atoms with van der Waals surface area (Å²) < 4.78 is 10.9. The molecule has 1 aliphatic heterocycles. The molecule has 3 aromatic rings. The van der Waals surface area contributed by atoms with Gasteiger partial charge in [0, 0.05) is 35.9 Å². The highest BCUT2D eigenvalue weighted by molar-refractivity contribution is 6.30. The number of non-ortho nitro benzene ring substituents is 1. The van der Waals surface area contributed by atoms with E-state index in [1.54, 1.807) is 57.2 Å². The maximum absolute atomic E-state index is 13.1. The first-order valence-corrected chi connectivity index (χ1v) is 15.2. The first kappa shape index (κ1) is 34.2. The van der Waals surface area contributed by atoms with Crippen LogP contribution in [0.4, 0.5) is 21.0 Å². The third kappa shape index (κ3) is 9.66. The zero-order chi connectivity index (χ0) is 33.4. The van der Waals surface area contributed by atoms with E-state index >= 15 is 0 Å². The third-order valence-corrected chi connectivity index (χ3v) is 7.45. The van der Waals surface area contributed by atoms with E-state index in [9.17, 15) is 29.6 Å². The summed E-state index contributed by atoms with van der Waals surface area (Å²) >= 11 is 6.08. The van der Waals surface area contributed by atoms with Crippen molar-refractivity contribution in [1.82, 2.24) is 9.80 Å². The summed E-state index contributed by atoms with van der Waals surface area (Å²) in [5.74, 6) is -0.224. The van der Waals surface area contributed by atoms with Crippen molar-refractivity contribution in [2.75, 3.05) is 25.0 Å². The molecule has 0 radical (unpaired) electrons. The largest absolute Gasteiger partial charge is 0.444 e. The van der Waals surface area contributed by atoms with Gasteiger partial charge in [0.2, 0.25) is 5.91 Å². The first-order valence-electron chi connectivity index (χ1n) is 14.8. The lowest BCUT2D eigenvalue weighted by Crippen LogP contribution is -2.44. The van der Waals surface area contributed by atoms with E-state index in [4.69, 9.17) is 21.1 Å². The molecule has 13 heteroatoms. The van der Waals surface area contributed by atoms with Crippen molar-refractivity contribution in [2.24, 2.45) is 0 Å².